The molecule has 0 aliphatic rings. The molecule has 2 nitrogen and oxygen atoms in total. The Morgan fingerprint density at radius 2 is 0.639 bits per heavy atom. The van der Waals surface area contributed by atoms with Crippen molar-refractivity contribution in [2.45, 2.75) is 20.8 Å². The van der Waals surface area contributed by atoms with Gasteiger partial charge in [0, 0.05) is 0 Å². The summed E-state index contributed by atoms with van der Waals surface area (Å²) >= 11 is -5.35. The summed E-state index contributed by atoms with van der Waals surface area (Å²) in [6, 6.07) is 46.0. The summed E-state index contributed by atoms with van der Waals surface area (Å²) in [5, 5.41) is 0. The van der Waals surface area contributed by atoms with E-state index in [9.17, 15) is 0 Å². The molecule has 0 saturated carbocycles. The molecule has 5 aromatic rings. The molecule has 0 N–H and O–H groups in total. The third-order valence-corrected chi connectivity index (χ3v) is 21.7. The van der Waals surface area contributed by atoms with Crippen LogP contribution in [0.2, 0.25) is 0 Å². The molecule has 5 rings (SSSR count). The van der Waals surface area contributed by atoms with Gasteiger partial charge in [-0.3, -0.25) is 0 Å². The van der Waals surface area contributed by atoms with Gasteiger partial charge in [-0.05, 0) is 0 Å². The molecule has 0 unspecified atom stereocenters. The van der Waals surface area contributed by atoms with Crippen molar-refractivity contribution in [3.05, 3.63) is 150 Å². The predicted octanol–water partition coefficient (Wildman–Crippen LogP) is 6.19. The van der Waals surface area contributed by atoms with Gasteiger partial charge in [0.15, 0.2) is 0 Å². The summed E-state index contributed by atoms with van der Waals surface area (Å²) < 4.78 is 18.5. The molecule has 0 radical (unpaired) electrons. The van der Waals surface area contributed by atoms with Gasteiger partial charge in [-0.25, -0.2) is 0 Å². The van der Waals surface area contributed by atoms with E-state index in [0.29, 0.717) is 0 Å². The Morgan fingerprint density at radius 3 is 0.944 bits per heavy atom. The van der Waals surface area contributed by atoms with Crippen LogP contribution in [0.15, 0.2) is 133 Å². The molecule has 3 heteroatoms. The van der Waals surface area contributed by atoms with E-state index >= 15 is 0 Å². The zero-order chi connectivity index (χ0) is 25.0. The summed E-state index contributed by atoms with van der Waals surface area (Å²) in [6.07, 6.45) is 0. The zero-order valence-corrected chi connectivity index (χ0v) is 23.5. The van der Waals surface area contributed by atoms with Crippen molar-refractivity contribution in [2.75, 3.05) is 0 Å². The van der Waals surface area contributed by atoms with Crippen LogP contribution in [0, 0.1) is 20.8 Å². The molecule has 0 aromatic heterocycles. The first-order valence-corrected chi connectivity index (χ1v) is 18.2. The molecule has 5 aromatic carbocycles. The number of aryl methyl sites for hydroxylation is 3. The molecular formula is C33H31O2Sb. The van der Waals surface area contributed by atoms with Crippen LogP contribution in [0.5, 0.6) is 11.5 Å². The number of hydrogen-bond acceptors (Lipinski definition) is 2. The minimum atomic E-state index is -5.35. The summed E-state index contributed by atoms with van der Waals surface area (Å²) in [4.78, 5) is 0. The molecule has 0 spiro atoms. The first-order chi connectivity index (χ1) is 17.5. The van der Waals surface area contributed by atoms with Crippen molar-refractivity contribution >= 4 is 28.8 Å². The van der Waals surface area contributed by atoms with Crippen molar-refractivity contribution in [3.63, 3.8) is 0 Å². The van der Waals surface area contributed by atoms with Crippen molar-refractivity contribution < 1.29 is 6.03 Å². The Morgan fingerprint density at radius 1 is 0.361 bits per heavy atom. The fourth-order valence-corrected chi connectivity index (χ4v) is 21.3. The van der Waals surface area contributed by atoms with Crippen LogP contribution in [-0.4, -0.2) is 18.2 Å². The van der Waals surface area contributed by atoms with Crippen LogP contribution in [0.3, 0.4) is 0 Å². The Labute approximate surface area is 216 Å². The monoisotopic (exact) mass is 580 g/mol. The van der Waals surface area contributed by atoms with E-state index in [2.05, 4.69) is 93.6 Å². The van der Waals surface area contributed by atoms with Gasteiger partial charge in [-0.2, -0.15) is 0 Å². The van der Waals surface area contributed by atoms with Crippen LogP contribution in [-0.2, 0) is 0 Å². The van der Waals surface area contributed by atoms with Gasteiger partial charge in [-0.15, -0.1) is 0 Å². The summed E-state index contributed by atoms with van der Waals surface area (Å²) in [5.74, 6) is 1.59. The normalized spacial score (nSPS) is 12.4. The van der Waals surface area contributed by atoms with Gasteiger partial charge in [0.2, 0.25) is 0 Å². The molecule has 36 heavy (non-hydrogen) atoms. The third kappa shape index (κ3) is 4.00. The SMILES string of the molecule is Cc1cccc[c]1[Sb]([O]c1ccccc1)([O]c1ccccc1)([c]1ccccc1C)[c]1ccccc1C. The van der Waals surface area contributed by atoms with Crippen LogP contribution in [0.25, 0.3) is 0 Å². The summed E-state index contributed by atoms with van der Waals surface area (Å²) in [7, 11) is 0. The number of rotatable bonds is 7. The van der Waals surface area contributed by atoms with Gasteiger partial charge in [0.05, 0.1) is 0 Å². The van der Waals surface area contributed by atoms with Crippen LogP contribution in [0.1, 0.15) is 16.7 Å². The number of para-hydroxylation sites is 2. The molecular weight excluding hydrogens is 550 g/mol. The third-order valence-electron chi connectivity index (χ3n) is 6.70. The molecule has 0 heterocycles. The van der Waals surface area contributed by atoms with Gasteiger partial charge < -0.3 is 0 Å². The van der Waals surface area contributed by atoms with E-state index in [1.54, 1.807) is 0 Å². The van der Waals surface area contributed by atoms with E-state index in [4.69, 9.17) is 6.03 Å². The van der Waals surface area contributed by atoms with Crippen molar-refractivity contribution in [3.8, 4) is 11.5 Å². The Bertz CT molecular complexity index is 1320. The average molecular weight is 581 g/mol. The first kappa shape index (κ1) is 24.2. The zero-order valence-electron chi connectivity index (χ0n) is 21.0. The van der Waals surface area contributed by atoms with Crippen LogP contribution in [0.4, 0.5) is 0 Å². The van der Waals surface area contributed by atoms with Gasteiger partial charge >= 0.3 is 217 Å². The quantitative estimate of drug-likeness (QED) is 0.214. The molecule has 0 fully saturated rings. The van der Waals surface area contributed by atoms with E-state index in [1.807, 2.05) is 60.7 Å². The fourth-order valence-electron chi connectivity index (χ4n) is 5.13. The number of benzene rings is 5. The Balaban J connectivity index is 2.05. The van der Waals surface area contributed by atoms with Gasteiger partial charge in [0.25, 0.3) is 0 Å². The number of hydrogen-bond donors (Lipinski definition) is 0. The second-order valence-electron chi connectivity index (χ2n) is 9.13. The fraction of sp³-hybridized carbons (Fsp3) is 0.0909. The standard InChI is InChI=1S/3C7H7.2C6H6O.Sb/c3*1-7-5-3-2-4-6-7;2*7-6-4-2-1-3-5-6;/h3*2-5H,1H3;2*1-5,7H;/q;;;;;+2/p-2. The Kier molecular flexibility index (Phi) is 6.65. The first-order valence-electron chi connectivity index (χ1n) is 12.2. The van der Waals surface area contributed by atoms with Crippen LogP contribution < -0.4 is 16.6 Å². The Hall–Kier alpha value is -3.48. The summed E-state index contributed by atoms with van der Waals surface area (Å²) in [5.41, 5.74) is 3.45. The molecule has 0 aliphatic heterocycles. The molecule has 180 valence electrons. The van der Waals surface area contributed by atoms with E-state index < -0.39 is 18.2 Å². The average Bonchev–Trinajstić information content (AvgIpc) is 2.90. The summed E-state index contributed by atoms with van der Waals surface area (Å²) in [6.45, 7) is 6.50. The van der Waals surface area contributed by atoms with Crippen molar-refractivity contribution in [1.82, 2.24) is 0 Å². The molecule has 0 atom stereocenters. The van der Waals surface area contributed by atoms with E-state index in [0.717, 1.165) is 38.7 Å². The molecule has 0 amide bonds. The molecule has 0 bridgehead atoms. The molecule has 0 aliphatic carbocycles. The maximum absolute atomic E-state index is 7.57. The second-order valence-corrected chi connectivity index (χ2v) is 19.8. The molecule has 0 saturated heterocycles. The maximum atomic E-state index is 7.57. The van der Waals surface area contributed by atoms with Gasteiger partial charge in [0.1, 0.15) is 0 Å². The topological polar surface area (TPSA) is 18.5 Å². The second kappa shape index (κ2) is 9.88. The van der Waals surface area contributed by atoms with Gasteiger partial charge in [-0.1, -0.05) is 0 Å². The van der Waals surface area contributed by atoms with Crippen LogP contribution >= 0.6 is 0 Å². The van der Waals surface area contributed by atoms with Crippen molar-refractivity contribution in [2.24, 2.45) is 0 Å². The van der Waals surface area contributed by atoms with E-state index in [1.165, 1.54) is 0 Å². The minimum absolute atomic E-state index is 0.796. The van der Waals surface area contributed by atoms with E-state index in [-0.39, 0.29) is 0 Å². The predicted molar refractivity (Wildman–Crippen MR) is 152 cm³/mol. The van der Waals surface area contributed by atoms with Crippen molar-refractivity contribution in [1.29, 1.82) is 0 Å².